The molecule has 0 aromatic rings. The second kappa shape index (κ2) is 9.49. The van der Waals surface area contributed by atoms with Gasteiger partial charge in [0.2, 0.25) is 8.32 Å². The lowest BCUT2D eigenvalue weighted by Crippen LogP contribution is -2.51. The fourth-order valence-electron chi connectivity index (χ4n) is 4.28. The average Bonchev–Trinajstić information content (AvgIpc) is 2.54. The van der Waals surface area contributed by atoms with Gasteiger partial charge in [0.1, 0.15) is 0 Å². The Hall–Kier alpha value is -1.68. The summed E-state index contributed by atoms with van der Waals surface area (Å²) < 4.78 is 12.3. The molecule has 0 saturated carbocycles. The predicted molar refractivity (Wildman–Crippen MR) is 112 cm³/mol. The van der Waals surface area contributed by atoms with Crippen molar-refractivity contribution < 1.29 is 18.8 Å². The number of esters is 1. The van der Waals surface area contributed by atoms with Gasteiger partial charge in [-0.3, -0.25) is 9.59 Å². The van der Waals surface area contributed by atoms with Crippen LogP contribution >= 0.6 is 0 Å². The van der Waals surface area contributed by atoms with E-state index in [2.05, 4.69) is 53.9 Å². The van der Waals surface area contributed by atoms with Crippen LogP contribution in [0, 0.1) is 5.41 Å². The number of ketones is 1. The first kappa shape index (κ1) is 23.4. The predicted octanol–water partition coefficient (Wildman–Crippen LogP) is 5.48. The van der Waals surface area contributed by atoms with Crippen LogP contribution in [0.25, 0.3) is 0 Å². The van der Waals surface area contributed by atoms with Crippen molar-refractivity contribution in [2.75, 3.05) is 0 Å². The van der Waals surface area contributed by atoms with Crippen molar-refractivity contribution >= 4 is 20.1 Å². The molecule has 0 saturated heterocycles. The summed E-state index contributed by atoms with van der Waals surface area (Å²) in [5, 5.41) is 0. The maximum atomic E-state index is 11.8. The lowest BCUT2D eigenvalue weighted by atomic mass is 9.80. The highest BCUT2D eigenvalue weighted by molar-refractivity contribution is 6.77. The minimum absolute atomic E-state index is 0.0664. The Morgan fingerprint density at radius 1 is 1.15 bits per heavy atom. The van der Waals surface area contributed by atoms with Gasteiger partial charge >= 0.3 is 5.97 Å². The van der Waals surface area contributed by atoms with E-state index < -0.39 is 20.0 Å². The number of hydrogen-bond acceptors (Lipinski definition) is 4. The Kier molecular flexibility index (Phi) is 8.21. The van der Waals surface area contributed by atoms with E-state index in [1.807, 2.05) is 0 Å². The molecule has 27 heavy (non-hydrogen) atoms. The fraction of sp³-hybridized carbons (Fsp3) is 0.591. The van der Waals surface area contributed by atoms with Crippen molar-refractivity contribution in [2.45, 2.75) is 77.8 Å². The van der Waals surface area contributed by atoms with Crippen LogP contribution < -0.4 is 0 Å². The van der Waals surface area contributed by atoms with E-state index in [1.54, 1.807) is 18.2 Å². The summed E-state index contributed by atoms with van der Waals surface area (Å²) in [6.07, 6.45) is 8.13. The molecule has 0 heterocycles. The molecule has 1 rings (SSSR count). The van der Waals surface area contributed by atoms with E-state index in [0.717, 1.165) is 0 Å². The van der Waals surface area contributed by atoms with Crippen LogP contribution in [0.2, 0.25) is 16.6 Å². The van der Waals surface area contributed by atoms with Gasteiger partial charge in [-0.1, -0.05) is 60.3 Å². The Morgan fingerprint density at radius 3 is 2.00 bits per heavy atom. The summed E-state index contributed by atoms with van der Waals surface area (Å²) in [6.45, 7) is 18.2. The summed E-state index contributed by atoms with van der Waals surface area (Å²) in [6, 6.07) is 0. The Morgan fingerprint density at radius 2 is 1.63 bits per heavy atom. The van der Waals surface area contributed by atoms with Crippen LogP contribution in [0.15, 0.2) is 42.7 Å². The first-order chi connectivity index (χ1) is 12.5. The monoisotopic (exact) mass is 390 g/mol. The van der Waals surface area contributed by atoms with Crippen molar-refractivity contribution in [3.8, 4) is 0 Å². The molecule has 4 nitrogen and oxygen atoms in total. The molecule has 5 heteroatoms. The maximum absolute atomic E-state index is 11.8. The zero-order chi connectivity index (χ0) is 20.8. The third kappa shape index (κ3) is 5.65. The normalized spacial score (nSPS) is 17.3. The average molecular weight is 391 g/mol. The van der Waals surface area contributed by atoms with Gasteiger partial charge in [0.25, 0.3) is 0 Å². The molecule has 0 bridgehead atoms. The van der Waals surface area contributed by atoms with Gasteiger partial charge in [-0.25, -0.2) is 0 Å². The van der Waals surface area contributed by atoms with E-state index in [9.17, 15) is 9.59 Å². The molecule has 0 aliphatic heterocycles. The van der Waals surface area contributed by atoms with Crippen LogP contribution in [0.5, 0.6) is 0 Å². The topological polar surface area (TPSA) is 52.6 Å². The molecule has 0 fully saturated rings. The van der Waals surface area contributed by atoms with E-state index in [1.165, 1.54) is 19.1 Å². The molecule has 0 amide bonds. The molecule has 1 atom stereocenters. The van der Waals surface area contributed by atoms with Gasteiger partial charge in [0, 0.05) is 18.8 Å². The largest absolute Gasteiger partial charge is 0.437 e. The van der Waals surface area contributed by atoms with Crippen molar-refractivity contribution in [3.05, 3.63) is 42.7 Å². The highest BCUT2D eigenvalue weighted by atomic mass is 28.4. The zero-order valence-corrected chi connectivity index (χ0v) is 18.7. The first-order valence-electron chi connectivity index (χ1n) is 9.63. The molecular weight excluding hydrogens is 356 g/mol. The molecule has 0 N–H and O–H groups in total. The van der Waals surface area contributed by atoms with E-state index in [0.29, 0.717) is 23.0 Å². The van der Waals surface area contributed by atoms with Gasteiger partial charge in [0.15, 0.2) is 12.1 Å². The van der Waals surface area contributed by atoms with Crippen LogP contribution in [0.1, 0.15) is 54.9 Å². The van der Waals surface area contributed by atoms with E-state index in [4.69, 9.17) is 9.16 Å². The van der Waals surface area contributed by atoms with Crippen LogP contribution in [-0.2, 0) is 18.8 Å². The number of carbonyl (C=O) groups is 2. The summed E-state index contributed by atoms with van der Waals surface area (Å²) in [7, 11) is -2.25. The molecule has 1 aliphatic rings. The van der Waals surface area contributed by atoms with Crippen molar-refractivity contribution in [1.29, 1.82) is 0 Å². The second-order valence-corrected chi connectivity index (χ2v) is 13.6. The van der Waals surface area contributed by atoms with E-state index >= 15 is 0 Å². The number of rotatable bonds is 9. The highest BCUT2D eigenvalue weighted by Crippen LogP contribution is 2.44. The van der Waals surface area contributed by atoms with E-state index in [-0.39, 0.29) is 11.8 Å². The van der Waals surface area contributed by atoms with Crippen LogP contribution in [0.3, 0.4) is 0 Å². The van der Waals surface area contributed by atoms with Gasteiger partial charge in [-0.05, 0) is 34.9 Å². The molecule has 150 valence electrons. The second-order valence-electron chi connectivity index (χ2n) is 8.21. The summed E-state index contributed by atoms with van der Waals surface area (Å²) in [5.74, 6) is -0.444. The summed E-state index contributed by atoms with van der Waals surface area (Å²) in [5.41, 5.74) is 3.28. The fourth-order valence-corrected chi connectivity index (χ4v) is 9.69. The lowest BCUT2D eigenvalue weighted by molar-refractivity contribution is -0.165. The Bertz CT molecular complexity index is 613. The zero-order valence-electron chi connectivity index (χ0n) is 17.7. The van der Waals surface area contributed by atoms with Crippen molar-refractivity contribution in [1.82, 2.24) is 0 Å². The lowest BCUT2D eigenvalue weighted by Gasteiger charge is -2.45. The van der Waals surface area contributed by atoms with Gasteiger partial charge in [-0.15, -0.1) is 5.73 Å². The molecule has 0 radical (unpaired) electrons. The minimum atomic E-state index is -2.25. The molecule has 0 spiro atoms. The number of carbonyl (C=O) groups excluding carboxylic acids is 2. The number of allylic oxidation sites excluding steroid dienone is 5. The van der Waals surface area contributed by atoms with Crippen molar-refractivity contribution in [3.63, 3.8) is 0 Å². The summed E-state index contributed by atoms with van der Waals surface area (Å²) >= 11 is 0. The molecule has 0 aromatic heterocycles. The summed E-state index contributed by atoms with van der Waals surface area (Å²) in [4.78, 5) is 23.4. The minimum Gasteiger partial charge on any atom is -0.437 e. The van der Waals surface area contributed by atoms with Gasteiger partial charge < -0.3 is 9.16 Å². The first-order valence-corrected chi connectivity index (χ1v) is 11.8. The SMILES string of the molecule is C=C=CC1(CC(OC(C)=O)O[Si](C(C)C)(C(C)C)C(C)C)C=CC(=O)C=C1. The number of ether oxygens (including phenoxy) is 1. The number of hydrogen-bond donors (Lipinski definition) is 0. The van der Waals surface area contributed by atoms with Crippen LogP contribution in [-0.4, -0.2) is 26.4 Å². The van der Waals surface area contributed by atoms with Crippen LogP contribution in [0.4, 0.5) is 0 Å². The Balaban J connectivity index is 3.30. The third-order valence-corrected chi connectivity index (χ3v) is 11.4. The van der Waals surface area contributed by atoms with Gasteiger partial charge in [-0.2, -0.15) is 0 Å². The maximum Gasteiger partial charge on any atom is 0.304 e. The smallest absolute Gasteiger partial charge is 0.304 e. The molecule has 1 aliphatic carbocycles. The standard InChI is InChI=1S/C22H34O4Si/c1-9-12-22(13-10-20(24)11-14-22)15-21(25-19(8)23)26-27(16(2)3,17(4)5)18(6)7/h10-14,16-18,21H,1,15H2,2-8H3. The quantitative estimate of drug-likeness (QED) is 0.226. The molecule has 0 aromatic carbocycles. The third-order valence-electron chi connectivity index (χ3n) is 5.35. The highest BCUT2D eigenvalue weighted by Gasteiger charge is 2.48. The van der Waals surface area contributed by atoms with Gasteiger partial charge in [0.05, 0.1) is 0 Å². The Labute approximate surface area is 165 Å². The molecular formula is C22H34O4Si. The van der Waals surface area contributed by atoms with Crippen molar-refractivity contribution in [2.24, 2.45) is 5.41 Å². The molecule has 1 unspecified atom stereocenters.